The molecule has 0 atom stereocenters. The van der Waals surface area contributed by atoms with Gasteiger partial charge in [0.1, 0.15) is 0 Å². The lowest BCUT2D eigenvalue weighted by Gasteiger charge is -2.02. The van der Waals surface area contributed by atoms with E-state index in [2.05, 4.69) is 4.98 Å². The predicted octanol–water partition coefficient (Wildman–Crippen LogP) is 1.81. The number of carboxylic acid groups (broad SMARTS) is 1. The molecule has 1 aromatic heterocycles. The molecule has 0 aliphatic carbocycles. The second kappa shape index (κ2) is 3.98. The van der Waals surface area contributed by atoms with Gasteiger partial charge in [-0.25, -0.2) is 0 Å². The first-order chi connectivity index (χ1) is 7.56. The third-order valence-electron chi connectivity index (χ3n) is 2.19. The number of hydrogen-bond acceptors (Lipinski definition) is 2. The van der Waals surface area contributed by atoms with Gasteiger partial charge in [0.25, 0.3) is 0 Å². The molecule has 1 heterocycles. The molecule has 1 aromatic carbocycles. The number of H-pyrrole nitrogens is 1. The van der Waals surface area contributed by atoms with Crippen molar-refractivity contribution in [2.45, 2.75) is 6.42 Å². The predicted molar refractivity (Wildman–Crippen MR) is 60.9 cm³/mol. The lowest BCUT2D eigenvalue weighted by molar-refractivity contribution is -0.136. The summed E-state index contributed by atoms with van der Waals surface area (Å²) in [5, 5.41) is 9.57. The third kappa shape index (κ3) is 2.06. The van der Waals surface area contributed by atoms with Gasteiger partial charge in [-0.2, -0.15) is 0 Å². The minimum absolute atomic E-state index is 0.201. The van der Waals surface area contributed by atoms with Gasteiger partial charge < -0.3 is 10.1 Å². The van der Waals surface area contributed by atoms with E-state index in [1.807, 2.05) is 0 Å². The normalized spacial score (nSPS) is 10.6. The maximum Gasteiger partial charge on any atom is 0.309 e. The third-order valence-corrected chi connectivity index (χ3v) is 2.42. The fourth-order valence-corrected chi connectivity index (χ4v) is 1.70. The van der Waals surface area contributed by atoms with E-state index in [0.717, 1.165) is 0 Å². The summed E-state index contributed by atoms with van der Waals surface area (Å²) in [5.74, 6) is -0.982. The topological polar surface area (TPSA) is 70.2 Å². The van der Waals surface area contributed by atoms with E-state index in [-0.39, 0.29) is 11.8 Å². The molecule has 0 amide bonds. The molecule has 0 unspecified atom stereocenters. The number of aliphatic carboxylic acids is 1. The van der Waals surface area contributed by atoms with Crippen molar-refractivity contribution in [3.63, 3.8) is 0 Å². The van der Waals surface area contributed by atoms with Crippen LogP contribution in [0.1, 0.15) is 5.69 Å². The molecule has 0 aliphatic heterocycles. The van der Waals surface area contributed by atoms with E-state index in [9.17, 15) is 9.59 Å². The number of aromatic nitrogens is 1. The van der Waals surface area contributed by atoms with Crippen LogP contribution < -0.4 is 5.43 Å². The maximum atomic E-state index is 11.7. The summed E-state index contributed by atoms with van der Waals surface area (Å²) in [6, 6.07) is 6.14. The second-order valence-corrected chi connectivity index (χ2v) is 3.86. The van der Waals surface area contributed by atoms with E-state index in [1.54, 1.807) is 18.2 Å². The molecule has 0 saturated carbocycles. The number of nitrogens with one attached hydrogen (secondary N) is 1. The Balaban J connectivity index is 2.64. The van der Waals surface area contributed by atoms with Crippen molar-refractivity contribution < 1.29 is 9.90 Å². The zero-order chi connectivity index (χ0) is 11.7. The van der Waals surface area contributed by atoms with Gasteiger partial charge >= 0.3 is 5.97 Å². The largest absolute Gasteiger partial charge is 0.481 e. The Hall–Kier alpha value is -1.81. The van der Waals surface area contributed by atoms with Gasteiger partial charge in [-0.15, -0.1) is 0 Å². The molecule has 0 aliphatic rings. The van der Waals surface area contributed by atoms with Crippen LogP contribution in [0.5, 0.6) is 0 Å². The summed E-state index contributed by atoms with van der Waals surface area (Å²) in [6.07, 6.45) is -0.201. The molecule has 5 heteroatoms. The highest BCUT2D eigenvalue weighted by atomic mass is 35.5. The first-order valence-corrected chi connectivity index (χ1v) is 4.97. The lowest BCUT2D eigenvalue weighted by atomic mass is 10.1. The number of halogens is 1. The fraction of sp³-hybridized carbons (Fsp3) is 0.0909. The number of benzene rings is 1. The van der Waals surface area contributed by atoms with E-state index in [0.29, 0.717) is 21.6 Å². The SMILES string of the molecule is O=C(O)Cc1cc(=O)c2cc(Cl)ccc2[nH]1. The molecule has 4 nitrogen and oxygen atoms in total. The van der Waals surface area contributed by atoms with Gasteiger partial charge in [0.15, 0.2) is 5.43 Å². The van der Waals surface area contributed by atoms with Crippen LogP contribution >= 0.6 is 11.6 Å². The van der Waals surface area contributed by atoms with Crippen LogP contribution in [0.3, 0.4) is 0 Å². The van der Waals surface area contributed by atoms with Gasteiger partial charge in [-0.1, -0.05) is 11.6 Å². The zero-order valence-electron chi connectivity index (χ0n) is 8.16. The summed E-state index contributed by atoms with van der Waals surface area (Å²) < 4.78 is 0. The highest BCUT2D eigenvalue weighted by molar-refractivity contribution is 6.31. The van der Waals surface area contributed by atoms with E-state index in [4.69, 9.17) is 16.7 Å². The van der Waals surface area contributed by atoms with E-state index >= 15 is 0 Å². The molecule has 0 saturated heterocycles. The number of carbonyl (C=O) groups is 1. The average molecular weight is 238 g/mol. The molecule has 2 N–H and O–H groups in total. The standard InChI is InChI=1S/C11H8ClNO3/c12-6-1-2-9-8(3-6)10(14)4-7(13-9)5-11(15)16/h1-4H,5H2,(H,13,14)(H,15,16). The minimum Gasteiger partial charge on any atom is -0.481 e. The Morgan fingerprint density at radius 2 is 2.12 bits per heavy atom. The summed E-state index contributed by atoms with van der Waals surface area (Å²) in [6.45, 7) is 0. The minimum atomic E-state index is -0.982. The Bertz CT molecular complexity index is 618. The second-order valence-electron chi connectivity index (χ2n) is 3.42. The Labute approximate surface area is 95.5 Å². The molecular weight excluding hydrogens is 230 g/mol. The lowest BCUT2D eigenvalue weighted by Crippen LogP contribution is -2.09. The van der Waals surface area contributed by atoms with Crippen LogP contribution in [0.4, 0.5) is 0 Å². The van der Waals surface area contributed by atoms with Crippen molar-refractivity contribution in [2.24, 2.45) is 0 Å². The van der Waals surface area contributed by atoms with Gasteiger partial charge in [0.2, 0.25) is 0 Å². The van der Waals surface area contributed by atoms with Crippen molar-refractivity contribution in [1.29, 1.82) is 0 Å². The van der Waals surface area contributed by atoms with Gasteiger partial charge in [-0.05, 0) is 18.2 Å². The highest BCUT2D eigenvalue weighted by Gasteiger charge is 2.05. The Kier molecular flexibility index (Phi) is 2.66. The summed E-state index contributed by atoms with van der Waals surface area (Å²) >= 11 is 5.77. The summed E-state index contributed by atoms with van der Waals surface area (Å²) in [4.78, 5) is 25.1. The molecule has 82 valence electrons. The van der Waals surface area contributed by atoms with Gasteiger partial charge in [-0.3, -0.25) is 9.59 Å². The fourth-order valence-electron chi connectivity index (χ4n) is 1.53. The number of pyridine rings is 1. The van der Waals surface area contributed by atoms with Crippen LogP contribution in [0.15, 0.2) is 29.1 Å². The molecule has 2 rings (SSSR count). The summed E-state index contributed by atoms with van der Waals surface area (Å²) in [7, 11) is 0. The monoisotopic (exact) mass is 237 g/mol. The molecule has 0 bridgehead atoms. The van der Waals surface area contributed by atoms with Crippen molar-refractivity contribution in [3.8, 4) is 0 Å². The molecular formula is C11H8ClNO3. The van der Waals surface area contributed by atoms with E-state index < -0.39 is 5.97 Å². The van der Waals surface area contributed by atoms with Crippen LogP contribution in [-0.2, 0) is 11.2 Å². The number of fused-ring (bicyclic) bond motifs is 1. The first kappa shape index (κ1) is 10.7. The Morgan fingerprint density at radius 1 is 1.38 bits per heavy atom. The maximum absolute atomic E-state index is 11.7. The number of hydrogen-bond donors (Lipinski definition) is 2. The van der Waals surface area contributed by atoms with Crippen LogP contribution in [0, 0.1) is 0 Å². The number of carboxylic acids is 1. The van der Waals surface area contributed by atoms with Crippen molar-refractivity contribution in [1.82, 2.24) is 4.98 Å². The summed E-state index contributed by atoms with van der Waals surface area (Å²) in [5.41, 5.74) is 0.743. The molecule has 16 heavy (non-hydrogen) atoms. The molecule has 0 radical (unpaired) electrons. The van der Waals surface area contributed by atoms with Gasteiger partial charge in [0.05, 0.1) is 6.42 Å². The van der Waals surface area contributed by atoms with Crippen LogP contribution in [0.2, 0.25) is 5.02 Å². The van der Waals surface area contributed by atoms with E-state index in [1.165, 1.54) is 6.07 Å². The quantitative estimate of drug-likeness (QED) is 0.837. The average Bonchev–Trinajstić information content (AvgIpc) is 2.18. The highest BCUT2D eigenvalue weighted by Crippen LogP contribution is 2.15. The Morgan fingerprint density at radius 3 is 2.81 bits per heavy atom. The molecule has 2 aromatic rings. The smallest absolute Gasteiger partial charge is 0.309 e. The zero-order valence-corrected chi connectivity index (χ0v) is 8.91. The number of rotatable bonds is 2. The van der Waals surface area contributed by atoms with Gasteiger partial charge in [0, 0.05) is 27.7 Å². The number of aromatic amines is 1. The van der Waals surface area contributed by atoms with Crippen molar-refractivity contribution in [3.05, 3.63) is 45.2 Å². The molecule has 0 fully saturated rings. The first-order valence-electron chi connectivity index (χ1n) is 4.59. The van der Waals surface area contributed by atoms with Crippen molar-refractivity contribution in [2.75, 3.05) is 0 Å². The molecule has 0 spiro atoms. The van der Waals surface area contributed by atoms with Crippen LogP contribution in [-0.4, -0.2) is 16.1 Å². The van der Waals surface area contributed by atoms with Crippen molar-refractivity contribution >= 4 is 28.5 Å². The van der Waals surface area contributed by atoms with Crippen LogP contribution in [0.25, 0.3) is 10.9 Å².